The number of aliphatic hydroxyl groups excluding tert-OH is 2. The number of ether oxygens (including phenoxy) is 1. The molecule has 0 aliphatic rings. The lowest BCUT2D eigenvalue weighted by Crippen LogP contribution is -2.32. The highest BCUT2D eigenvalue weighted by molar-refractivity contribution is 5.72. The molecule has 0 aromatic heterocycles. The molecule has 0 fully saturated rings. The molecule has 0 bridgehead atoms. The third-order valence-corrected chi connectivity index (χ3v) is 5.15. The average Bonchev–Trinajstić information content (AvgIpc) is 2.67. The minimum absolute atomic E-state index is 0.0780. The minimum Gasteiger partial charge on any atom is -0.463 e. The molecule has 0 aromatic carbocycles. The second kappa shape index (κ2) is 18.5. The van der Waals surface area contributed by atoms with Gasteiger partial charge in [0.2, 0.25) is 0 Å². The van der Waals surface area contributed by atoms with Crippen molar-refractivity contribution in [2.24, 2.45) is 5.92 Å². The summed E-state index contributed by atoms with van der Waals surface area (Å²) in [4.78, 5) is 12.5. The molecule has 0 aromatic rings. The van der Waals surface area contributed by atoms with Crippen LogP contribution < -0.4 is 0 Å². The van der Waals surface area contributed by atoms with E-state index < -0.39 is 12.2 Å². The topological polar surface area (TPSA) is 66.8 Å². The predicted octanol–water partition coefficient (Wildman–Crippen LogP) is 5.55. The number of aliphatic hydroxyl groups is 2. The first kappa shape index (κ1) is 26.1. The predicted molar refractivity (Wildman–Crippen MR) is 113 cm³/mol. The molecule has 2 N–H and O–H groups in total. The largest absolute Gasteiger partial charge is 0.463 e. The summed E-state index contributed by atoms with van der Waals surface area (Å²) < 4.78 is 5.35. The van der Waals surface area contributed by atoms with Crippen LogP contribution in [0, 0.1) is 5.92 Å². The van der Waals surface area contributed by atoms with Crippen LogP contribution in [0.2, 0.25) is 0 Å². The molecule has 0 heterocycles. The van der Waals surface area contributed by atoms with Gasteiger partial charge < -0.3 is 14.9 Å². The normalized spacial score (nSPS) is 13.5. The van der Waals surface area contributed by atoms with Gasteiger partial charge in [0.1, 0.15) is 12.7 Å². The summed E-state index contributed by atoms with van der Waals surface area (Å²) in [6.07, 6.45) is 14.4. The lowest BCUT2D eigenvalue weighted by atomic mass is 9.94. The van der Waals surface area contributed by atoms with E-state index in [-0.39, 0.29) is 18.5 Å². The van der Waals surface area contributed by atoms with E-state index >= 15 is 0 Å². The number of hydrogen-bond acceptors (Lipinski definition) is 4. The van der Waals surface area contributed by atoms with Crippen molar-refractivity contribution in [3.05, 3.63) is 12.7 Å². The lowest BCUT2D eigenvalue weighted by molar-refractivity contribution is -0.154. The Balaban J connectivity index is 4.31. The van der Waals surface area contributed by atoms with Gasteiger partial charge in [-0.25, -0.2) is 0 Å². The first-order chi connectivity index (χ1) is 13.1. The standard InChI is InChI=1S/C23H44O4/c1-4-7-10-12-14-16-20(17-15-13-11-8-5-2)23(26)27-19-22(25)21(24)18-9-6-3/h6,20-22,24-25H,3-5,7-19H2,1-2H3. The first-order valence-corrected chi connectivity index (χ1v) is 11.2. The number of unbranched alkanes of at least 4 members (excludes halogenated alkanes) is 8. The Morgan fingerprint density at radius 3 is 1.85 bits per heavy atom. The van der Waals surface area contributed by atoms with Gasteiger partial charge in [-0.05, 0) is 25.7 Å². The molecule has 0 saturated heterocycles. The molecular weight excluding hydrogens is 340 g/mol. The highest BCUT2D eigenvalue weighted by Gasteiger charge is 2.22. The van der Waals surface area contributed by atoms with Gasteiger partial charge in [-0.3, -0.25) is 4.79 Å². The van der Waals surface area contributed by atoms with Crippen LogP contribution in [-0.2, 0) is 9.53 Å². The third kappa shape index (κ3) is 14.8. The smallest absolute Gasteiger partial charge is 0.309 e. The number of esters is 1. The zero-order valence-electron chi connectivity index (χ0n) is 17.8. The summed E-state index contributed by atoms with van der Waals surface area (Å²) in [7, 11) is 0. The summed E-state index contributed by atoms with van der Waals surface area (Å²) in [6, 6.07) is 0. The first-order valence-electron chi connectivity index (χ1n) is 11.2. The van der Waals surface area contributed by atoms with E-state index in [1.807, 2.05) is 0 Å². The maximum absolute atomic E-state index is 12.5. The Bertz CT molecular complexity index is 342. The summed E-state index contributed by atoms with van der Waals surface area (Å²) in [5.74, 6) is -0.290. The summed E-state index contributed by atoms with van der Waals surface area (Å²) in [5.41, 5.74) is 0. The van der Waals surface area contributed by atoms with Crippen LogP contribution in [0.4, 0.5) is 0 Å². The quantitative estimate of drug-likeness (QED) is 0.174. The third-order valence-electron chi connectivity index (χ3n) is 5.15. The van der Waals surface area contributed by atoms with Crippen molar-refractivity contribution in [1.29, 1.82) is 0 Å². The van der Waals surface area contributed by atoms with Crippen molar-refractivity contribution in [3.63, 3.8) is 0 Å². The second-order valence-corrected chi connectivity index (χ2v) is 7.73. The molecule has 160 valence electrons. The molecule has 0 aliphatic heterocycles. The van der Waals surface area contributed by atoms with E-state index in [1.165, 1.54) is 38.5 Å². The Kier molecular flexibility index (Phi) is 17.9. The molecule has 0 saturated carbocycles. The second-order valence-electron chi connectivity index (χ2n) is 7.73. The van der Waals surface area contributed by atoms with Gasteiger partial charge in [-0.1, -0.05) is 84.1 Å². The molecule has 2 atom stereocenters. The van der Waals surface area contributed by atoms with Gasteiger partial charge in [0, 0.05) is 0 Å². The van der Waals surface area contributed by atoms with Crippen LogP contribution in [0.25, 0.3) is 0 Å². The van der Waals surface area contributed by atoms with Crippen molar-refractivity contribution in [2.75, 3.05) is 6.61 Å². The van der Waals surface area contributed by atoms with E-state index in [2.05, 4.69) is 20.4 Å². The fraction of sp³-hybridized carbons (Fsp3) is 0.870. The van der Waals surface area contributed by atoms with Gasteiger partial charge in [-0.15, -0.1) is 6.58 Å². The Labute approximate surface area is 167 Å². The minimum atomic E-state index is -1.02. The molecule has 4 heteroatoms. The summed E-state index contributed by atoms with van der Waals surface area (Å²) >= 11 is 0. The van der Waals surface area contributed by atoms with Crippen molar-refractivity contribution in [1.82, 2.24) is 0 Å². The van der Waals surface area contributed by atoms with E-state index in [0.29, 0.717) is 12.8 Å². The maximum Gasteiger partial charge on any atom is 0.309 e. The average molecular weight is 385 g/mol. The van der Waals surface area contributed by atoms with Gasteiger partial charge in [0.15, 0.2) is 0 Å². The molecule has 0 aliphatic carbocycles. The van der Waals surface area contributed by atoms with Crippen molar-refractivity contribution < 1.29 is 19.7 Å². The van der Waals surface area contributed by atoms with E-state index in [4.69, 9.17) is 4.74 Å². The number of allylic oxidation sites excluding steroid dienone is 1. The molecule has 27 heavy (non-hydrogen) atoms. The fourth-order valence-electron chi connectivity index (χ4n) is 3.25. The molecule has 0 rings (SSSR count). The molecule has 0 radical (unpaired) electrons. The van der Waals surface area contributed by atoms with E-state index in [0.717, 1.165) is 38.5 Å². The molecule has 4 nitrogen and oxygen atoms in total. The molecule has 0 amide bonds. The Morgan fingerprint density at radius 1 is 0.852 bits per heavy atom. The van der Waals surface area contributed by atoms with Crippen molar-refractivity contribution in [3.8, 4) is 0 Å². The van der Waals surface area contributed by atoms with Gasteiger partial charge >= 0.3 is 5.97 Å². The summed E-state index contributed by atoms with van der Waals surface area (Å²) in [6.45, 7) is 7.88. The number of carbonyl (C=O) groups excluding carboxylic acids is 1. The zero-order chi connectivity index (χ0) is 20.3. The van der Waals surface area contributed by atoms with Crippen molar-refractivity contribution >= 4 is 5.97 Å². The molecule has 2 unspecified atom stereocenters. The van der Waals surface area contributed by atoms with E-state index in [1.54, 1.807) is 6.08 Å². The Morgan fingerprint density at radius 2 is 1.37 bits per heavy atom. The zero-order valence-corrected chi connectivity index (χ0v) is 17.8. The van der Waals surface area contributed by atoms with E-state index in [9.17, 15) is 15.0 Å². The van der Waals surface area contributed by atoms with Crippen LogP contribution in [0.1, 0.15) is 104 Å². The highest BCUT2D eigenvalue weighted by Crippen LogP contribution is 2.21. The highest BCUT2D eigenvalue weighted by atomic mass is 16.5. The van der Waals surface area contributed by atoms with Gasteiger partial charge in [0.05, 0.1) is 12.0 Å². The number of carbonyl (C=O) groups is 1. The maximum atomic E-state index is 12.5. The monoisotopic (exact) mass is 384 g/mol. The van der Waals surface area contributed by atoms with Gasteiger partial charge in [-0.2, -0.15) is 0 Å². The van der Waals surface area contributed by atoms with Crippen LogP contribution in [0.3, 0.4) is 0 Å². The van der Waals surface area contributed by atoms with Crippen LogP contribution in [0.5, 0.6) is 0 Å². The number of hydrogen-bond donors (Lipinski definition) is 2. The van der Waals surface area contributed by atoms with Gasteiger partial charge in [0.25, 0.3) is 0 Å². The molecular formula is C23H44O4. The van der Waals surface area contributed by atoms with Crippen molar-refractivity contribution in [2.45, 2.75) is 116 Å². The number of rotatable bonds is 19. The molecule has 0 spiro atoms. The SMILES string of the molecule is C=CCCC(O)C(O)COC(=O)C(CCCCCCC)CCCCCCC. The Hall–Kier alpha value is -0.870. The van der Waals surface area contributed by atoms with Crippen LogP contribution >= 0.6 is 0 Å². The fourth-order valence-corrected chi connectivity index (χ4v) is 3.25. The van der Waals surface area contributed by atoms with Crippen LogP contribution in [0.15, 0.2) is 12.7 Å². The lowest BCUT2D eigenvalue weighted by Gasteiger charge is -2.20. The summed E-state index contributed by atoms with van der Waals surface area (Å²) in [5, 5.41) is 19.8. The van der Waals surface area contributed by atoms with Crippen LogP contribution in [-0.4, -0.2) is 35.0 Å².